The van der Waals surface area contributed by atoms with Crippen LogP contribution in [0.2, 0.25) is 0 Å². The van der Waals surface area contributed by atoms with Gasteiger partial charge >= 0.3 is 0 Å². The van der Waals surface area contributed by atoms with E-state index in [1.807, 2.05) is 149 Å². The minimum Gasteiger partial charge on any atom is -0.346 e. The molecule has 17 heteroatoms. The Morgan fingerprint density at radius 3 is 1.50 bits per heavy atom. The van der Waals surface area contributed by atoms with Gasteiger partial charge in [0.05, 0.1) is 0 Å². The van der Waals surface area contributed by atoms with E-state index in [-0.39, 0.29) is 0 Å². The summed E-state index contributed by atoms with van der Waals surface area (Å²) in [6, 6.07) is 16.4. The van der Waals surface area contributed by atoms with Crippen molar-refractivity contribution in [3.05, 3.63) is 169 Å². The van der Waals surface area contributed by atoms with Crippen molar-refractivity contribution in [3.8, 4) is 0 Å². The average Bonchev–Trinajstić information content (AvgIpc) is 4.62. The molecule has 0 aliphatic carbocycles. The summed E-state index contributed by atoms with van der Waals surface area (Å²) < 4.78 is 5.51. The van der Waals surface area contributed by atoms with Crippen molar-refractivity contribution in [1.82, 2.24) is 83.7 Å². The van der Waals surface area contributed by atoms with Crippen LogP contribution in [0.15, 0.2) is 136 Å². The number of nitrogens with one attached hydrogen (secondary N) is 3. The van der Waals surface area contributed by atoms with Crippen molar-refractivity contribution < 1.29 is 0 Å². The molecule has 0 amide bonds. The molecule has 12 aromatic heterocycles. The molecule has 0 saturated heterocycles. The smallest absolute Gasteiger partial charge is 0.160 e. The molecular weight excluding hydrogens is 1040 g/mol. The van der Waals surface area contributed by atoms with Gasteiger partial charge in [-0.1, -0.05) is 178 Å². The van der Waals surface area contributed by atoms with Crippen molar-refractivity contribution >= 4 is 50.2 Å². The molecule has 17 nitrogen and oxygen atoms in total. The number of H-pyrrole nitrogens is 3. The molecule has 0 aliphatic heterocycles. The Bertz CT molecular complexity index is 3180. The number of hydrogen-bond acceptors (Lipinski definition) is 11. The van der Waals surface area contributed by atoms with Crippen LogP contribution in [0.4, 0.5) is 0 Å². The third-order valence-corrected chi connectivity index (χ3v) is 12.0. The maximum Gasteiger partial charge on any atom is 0.160 e. The van der Waals surface area contributed by atoms with E-state index in [2.05, 4.69) is 190 Å². The van der Waals surface area contributed by atoms with Gasteiger partial charge in [-0.3, -0.25) is 9.38 Å². The Morgan fingerprint density at radius 2 is 0.905 bits per heavy atom. The molecule has 0 atom stereocenters. The summed E-state index contributed by atoms with van der Waals surface area (Å²) in [7, 11) is 0. The van der Waals surface area contributed by atoms with E-state index in [0.29, 0.717) is 35.5 Å². The standard InChI is InChI=1S/C10H12N2.5C9H11N3.6C2H6/c1-7(2)9-6-12-10-8(9)4-3-5-11-10;1-6(2)7-4-11-9-8(7)3-10-5-12-9;1-7(2)8-3-4-12-9(5-8)10-6-11-12;1-7(2)8-3-4-9-11-10-6-12(9)5-8;1-7(2)8-3-4-9-10-6-11-12(9)5-8;1-6(2)7-5-12-9-8(7)10-3-4-11-9;6*1-2/h3-7H,1-2H3,(H,11,12);3-6H,1-2H3,(H,10,11,12);3*3-7H,1-2H3;3-6H,1-2H3,(H,11,12);6*1-2H3. The Kier molecular flexibility index (Phi) is 35.9. The van der Waals surface area contributed by atoms with E-state index in [1.165, 1.54) is 38.8 Å². The molecule has 12 rings (SSSR count). The van der Waals surface area contributed by atoms with Gasteiger partial charge in [-0.15, -0.1) is 10.2 Å². The van der Waals surface area contributed by atoms with Crippen molar-refractivity contribution in [3.63, 3.8) is 0 Å². The van der Waals surface area contributed by atoms with Crippen LogP contribution < -0.4 is 0 Å². The lowest BCUT2D eigenvalue weighted by atomic mass is 10.0. The molecule has 0 unspecified atom stereocenters. The first-order valence-corrected chi connectivity index (χ1v) is 30.5. The number of nitrogens with zero attached hydrogens (tertiary/aromatic N) is 14. The first kappa shape index (κ1) is 73.8. The summed E-state index contributed by atoms with van der Waals surface area (Å²) >= 11 is 0. The normalized spacial score (nSPS) is 10.1. The highest BCUT2D eigenvalue weighted by Gasteiger charge is 2.10. The molecule has 0 saturated carbocycles. The maximum absolute atomic E-state index is 4.27. The van der Waals surface area contributed by atoms with Crippen LogP contribution in [0.25, 0.3) is 50.2 Å². The van der Waals surface area contributed by atoms with Crippen LogP contribution >= 0.6 is 0 Å². The van der Waals surface area contributed by atoms with Gasteiger partial charge in [0.15, 0.2) is 22.6 Å². The second-order valence-electron chi connectivity index (χ2n) is 19.2. The molecule has 456 valence electrons. The monoisotopic (exact) mass is 1150 g/mol. The van der Waals surface area contributed by atoms with Crippen LogP contribution in [0.1, 0.15) is 235 Å². The van der Waals surface area contributed by atoms with Gasteiger partial charge in [-0.05, 0) is 99.7 Å². The molecule has 0 fully saturated rings. The second kappa shape index (κ2) is 40.9. The van der Waals surface area contributed by atoms with Crippen LogP contribution in [0.3, 0.4) is 0 Å². The molecular formula is C67H103N17. The highest BCUT2D eigenvalue weighted by atomic mass is 15.3. The quantitative estimate of drug-likeness (QED) is 0.143. The second-order valence-corrected chi connectivity index (χ2v) is 19.2. The van der Waals surface area contributed by atoms with Crippen LogP contribution in [-0.4, -0.2) is 83.7 Å². The van der Waals surface area contributed by atoms with Gasteiger partial charge in [-0.2, -0.15) is 10.2 Å². The Hall–Kier alpha value is -8.21. The fraction of sp³-hybridized carbons (Fsp3) is 0.448. The minimum absolute atomic E-state index is 0.496. The van der Waals surface area contributed by atoms with Gasteiger partial charge in [0.1, 0.15) is 42.1 Å². The number of aromatic amines is 3. The van der Waals surface area contributed by atoms with Gasteiger partial charge in [-0.25, -0.2) is 38.9 Å². The van der Waals surface area contributed by atoms with Gasteiger partial charge < -0.3 is 15.0 Å². The largest absolute Gasteiger partial charge is 0.346 e. The minimum atomic E-state index is 0.496. The number of hydrogen-bond donors (Lipinski definition) is 3. The molecule has 0 radical (unpaired) electrons. The lowest BCUT2D eigenvalue weighted by Crippen LogP contribution is -1.93. The number of pyridine rings is 4. The van der Waals surface area contributed by atoms with E-state index >= 15 is 0 Å². The highest BCUT2D eigenvalue weighted by molar-refractivity contribution is 5.80. The SMILES string of the molecule is CC.CC.CC.CC.CC.CC.CC(C)c1c[nH]c2ncccc12.CC(C)c1c[nH]c2nccnc12.CC(C)c1c[nH]c2ncncc12.CC(C)c1ccc2ncnn2c1.CC(C)c1ccc2nncn2c1.CC(C)c1ccn2ncnc2c1. The first-order chi connectivity index (χ1) is 40.7. The fourth-order valence-electron chi connectivity index (χ4n) is 7.67. The van der Waals surface area contributed by atoms with E-state index in [4.69, 9.17) is 0 Å². The fourth-order valence-corrected chi connectivity index (χ4v) is 7.67. The average molecular weight is 1150 g/mol. The van der Waals surface area contributed by atoms with Crippen LogP contribution in [-0.2, 0) is 0 Å². The predicted octanol–water partition coefficient (Wildman–Crippen LogP) is 18.6. The van der Waals surface area contributed by atoms with Crippen molar-refractivity contribution in [2.75, 3.05) is 0 Å². The molecule has 0 spiro atoms. The van der Waals surface area contributed by atoms with Crippen molar-refractivity contribution in [2.24, 2.45) is 0 Å². The summed E-state index contributed by atoms with van der Waals surface area (Å²) in [5, 5.41) is 18.2. The zero-order valence-corrected chi connectivity index (χ0v) is 55.4. The molecule has 3 N–H and O–H groups in total. The summed E-state index contributed by atoms with van der Waals surface area (Å²) in [4.78, 5) is 38.3. The van der Waals surface area contributed by atoms with Crippen molar-refractivity contribution in [1.29, 1.82) is 0 Å². The van der Waals surface area contributed by atoms with E-state index in [9.17, 15) is 0 Å². The topological polar surface area (TPSA) is 202 Å². The third kappa shape index (κ3) is 22.2. The highest BCUT2D eigenvalue weighted by Crippen LogP contribution is 2.25. The zero-order chi connectivity index (χ0) is 63.3. The number of rotatable bonds is 6. The first-order valence-electron chi connectivity index (χ1n) is 30.5. The lowest BCUT2D eigenvalue weighted by Gasteiger charge is -2.04. The van der Waals surface area contributed by atoms with E-state index in [0.717, 1.165) is 44.8 Å². The Balaban J connectivity index is 0.000000486. The van der Waals surface area contributed by atoms with Gasteiger partial charge in [0.2, 0.25) is 0 Å². The predicted molar refractivity (Wildman–Crippen MR) is 355 cm³/mol. The summed E-state index contributed by atoms with van der Waals surface area (Å²) in [5.41, 5.74) is 14.3. The van der Waals surface area contributed by atoms with Crippen molar-refractivity contribution in [2.45, 2.75) is 202 Å². The summed E-state index contributed by atoms with van der Waals surface area (Å²) in [5.74, 6) is 3.21. The zero-order valence-electron chi connectivity index (χ0n) is 55.4. The molecule has 12 heterocycles. The summed E-state index contributed by atoms with van der Waals surface area (Å²) in [6.07, 6.45) is 25.6. The Morgan fingerprint density at radius 1 is 0.405 bits per heavy atom. The molecule has 0 aliphatic rings. The molecule has 12 aromatic rings. The summed E-state index contributed by atoms with van der Waals surface area (Å²) in [6.45, 7) is 50.0. The van der Waals surface area contributed by atoms with Crippen LogP contribution in [0, 0.1) is 0 Å². The van der Waals surface area contributed by atoms with Gasteiger partial charge in [0, 0.05) is 78.3 Å². The lowest BCUT2D eigenvalue weighted by molar-refractivity contribution is 0.835. The molecule has 0 bridgehead atoms. The number of fused-ring (bicyclic) bond motifs is 6. The maximum atomic E-state index is 4.27. The molecule has 84 heavy (non-hydrogen) atoms. The number of aromatic nitrogens is 17. The molecule has 0 aromatic carbocycles. The third-order valence-electron chi connectivity index (χ3n) is 12.0. The van der Waals surface area contributed by atoms with E-state index < -0.39 is 0 Å². The Labute approximate surface area is 502 Å². The van der Waals surface area contributed by atoms with E-state index in [1.54, 1.807) is 46.7 Å². The van der Waals surface area contributed by atoms with Gasteiger partial charge in [0.25, 0.3) is 0 Å². The van der Waals surface area contributed by atoms with Crippen LogP contribution in [0.5, 0.6) is 0 Å².